The van der Waals surface area contributed by atoms with E-state index in [4.69, 9.17) is 4.74 Å². The number of nitrogens with zero attached hydrogens (tertiary/aromatic N) is 2. The normalized spacial score (nSPS) is 18.1. The van der Waals surface area contributed by atoms with E-state index in [9.17, 15) is 0 Å². The van der Waals surface area contributed by atoms with Crippen LogP contribution in [0.4, 0.5) is 0 Å². The van der Waals surface area contributed by atoms with E-state index in [0.29, 0.717) is 0 Å². The Morgan fingerprint density at radius 2 is 1.31 bits per heavy atom. The molecule has 0 N–H and O–H groups in total. The van der Waals surface area contributed by atoms with Gasteiger partial charge in [0.1, 0.15) is 15.8 Å². The second-order valence-corrected chi connectivity index (χ2v) is 11.8. The molecule has 1 heterocycles. The summed E-state index contributed by atoms with van der Waals surface area (Å²) < 4.78 is 6.05. The van der Waals surface area contributed by atoms with Gasteiger partial charge in [0.25, 0.3) is 0 Å². The molecule has 3 nitrogen and oxygen atoms in total. The Morgan fingerprint density at radius 3 is 2.00 bits per heavy atom. The molecule has 0 aliphatic heterocycles. The fourth-order valence-corrected chi connectivity index (χ4v) is 6.34. The highest BCUT2D eigenvalue weighted by Gasteiger charge is 2.20. The van der Waals surface area contributed by atoms with E-state index in [1.807, 2.05) is 0 Å². The van der Waals surface area contributed by atoms with E-state index in [2.05, 4.69) is 48.3 Å². The first-order valence-corrected chi connectivity index (χ1v) is 15.7. The summed E-state index contributed by atoms with van der Waals surface area (Å²) >= 11 is 1.74. The third-order valence-electron chi connectivity index (χ3n) is 7.77. The molecular formula is C31H50N2OS. The SMILES string of the molecule is CCCCCCCCCc1nnc(-c2ccc(OCCCC3CCC(CCCCC)CC3)cc2)s1. The highest BCUT2D eigenvalue weighted by atomic mass is 32.1. The number of aryl methyl sites for hydroxylation is 1. The lowest BCUT2D eigenvalue weighted by atomic mass is 9.78. The van der Waals surface area contributed by atoms with E-state index in [-0.39, 0.29) is 0 Å². The highest BCUT2D eigenvalue weighted by Crippen LogP contribution is 2.34. The van der Waals surface area contributed by atoms with Crippen LogP contribution >= 0.6 is 11.3 Å². The standard InChI is InChI=1S/C31H50N2OS/c1-3-5-7-8-9-10-12-16-30-32-33-31(35-30)28-21-23-29(24-22-28)34-25-13-15-27-19-17-26(18-20-27)14-11-6-4-2/h21-24,26-27H,3-20,25H2,1-2H3. The lowest BCUT2D eigenvalue weighted by molar-refractivity contribution is 0.228. The molecule has 1 aromatic carbocycles. The van der Waals surface area contributed by atoms with Gasteiger partial charge in [-0.2, -0.15) is 0 Å². The molecule has 0 bridgehead atoms. The molecule has 196 valence electrons. The Kier molecular flexibility index (Phi) is 13.8. The van der Waals surface area contributed by atoms with Crippen LogP contribution < -0.4 is 4.74 Å². The number of aromatic nitrogens is 2. The van der Waals surface area contributed by atoms with Crippen molar-refractivity contribution in [1.29, 1.82) is 0 Å². The average Bonchev–Trinajstić information content (AvgIpc) is 3.36. The molecule has 1 aromatic heterocycles. The maximum Gasteiger partial charge on any atom is 0.147 e. The van der Waals surface area contributed by atoms with Gasteiger partial charge >= 0.3 is 0 Å². The van der Waals surface area contributed by atoms with Gasteiger partial charge in [0.05, 0.1) is 6.61 Å². The van der Waals surface area contributed by atoms with Crippen molar-refractivity contribution in [3.63, 3.8) is 0 Å². The number of rotatable bonds is 18. The molecule has 1 fully saturated rings. The number of hydrogen-bond acceptors (Lipinski definition) is 4. The maximum atomic E-state index is 6.05. The first kappa shape index (κ1) is 28.2. The van der Waals surface area contributed by atoms with Gasteiger partial charge in [0, 0.05) is 12.0 Å². The Labute approximate surface area is 219 Å². The fourth-order valence-electron chi connectivity index (χ4n) is 5.45. The molecule has 1 aliphatic carbocycles. The summed E-state index contributed by atoms with van der Waals surface area (Å²) in [6, 6.07) is 8.45. The van der Waals surface area contributed by atoms with E-state index in [0.717, 1.165) is 41.2 Å². The molecule has 2 aromatic rings. The second-order valence-electron chi connectivity index (χ2n) is 10.8. The predicted octanol–water partition coefficient (Wildman–Crippen LogP) is 10.0. The third-order valence-corrected chi connectivity index (χ3v) is 8.80. The molecular weight excluding hydrogens is 448 g/mol. The van der Waals surface area contributed by atoms with Gasteiger partial charge in [-0.15, -0.1) is 10.2 Å². The van der Waals surface area contributed by atoms with Crippen molar-refractivity contribution in [3.05, 3.63) is 29.3 Å². The largest absolute Gasteiger partial charge is 0.494 e. The van der Waals surface area contributed by atoms with Crippen molar-refractivity contribution in [2.75, 3.05) is 6.61 Å². The molecule has 0 saturated heterocycles. The summed E-state index contributed by atoms with van der Waals surface area (Å²) in [5.41, 5.74) is 1.15. The molecule has 1 aliphatic rings. The highest BCUT2D eigenvalue weighted by molar-refractivity contribution is 7.14. The van der Waals surface area contributed by atoms with Gasteiger partial charge in [-0.25, -0.2) is 0 Å². The zero-order chi connectivity index (χ0) is 24.6. The number of unbranched alkanes of at least 4 members (excludes halogenated alkanes) is 8. The lowest BCUT2D eigenvalue weighted by Crippen LogP contribution is -2.15. The van der Waals surface area contributed by atoms with Crippen LogP contribution in [0.5, 0.6) is 5.75 Å². The predicted molar refractivity (Wildman–Crippen MR) is 151 cm³/mol. The quantitative estimate of drug-likeness (QED) is 0.192. The van der Waals surface area contributed by atoms with Crippen molar-refractivity contribution in [2.24, 2.45) is 11.8 Å². The van der Waals surface area contributed by atoms with Crippen LogP contribution in [0.3, 0.4) is 0 Å². The number of ether oxygens (including phenoxy) is 1. The minimum absolute atomic E-state index is 0.831. The van der Waals surface area contributed by atoms with Gasteiger partial charge in [0.15, 0.2) is 0 Å². The van der Waals surface area contributed by atoms with Crippen molar-refractivity contribution < 1.29 is 4.74 Å². The summed E-state index contributed by atoms with van der Waals surface area (Å²) in [6.45, 7) is 5.41. The van der Waals surface area contributed by atoms with Crippen molar-refractivity contribution in [2.45, 2.75) is 129 Å². The molecule has 0 atom stereocenters. The summed E-state index contributed by atoms with van der Waals surface area (Å²) in [5, 5.41) is 11.1. The molecule has 0 unspecified atom stereocenters. The first-order valence-electron chi connectivity index (χ1n) is 14.8. The lowest BCUT2D eigenvalue weighted by Gasteiger charge is -2.28. The van der Waals surface area contributed by atoms with Crippen LogP contribution in [0.15, 0.2) is 24.3 Å². The summed E-state index contributed by atoms with van der Waals surface area (Å²) in [6.07, 6.45) is 24.4. The first-order chi connectivity index (χ1) is 17.3. The molecule has 0 spiro atoms. The number of hydrogen-bond donors (Lipinski definition) is 0. The zero-order valence-corrected chi connectivity index (χ0v) is 23.4. The van der Waals surface area contributed by atoms with E-state index < -0.39 is 0 Å². The maximum absolute atomic E-state index is 6.05. The minimum atomic E-state index is 0.831. The average molecular weight is 499 g/mol. The Hall–Kier alpha value is -1.42. The smallest absolute Gasteiger partial charge is 0.147 e. The van der Waals surface area contributed by atoms with Gasteiger partial charge in [-0.3, -0.25) is 0 Å². The summed E-state index contributed by atoms with van der Waals surface area (Å²) in [7, 11) is 0. The number of benzene rings is 1. The topological polar surface area (TPSA) is 35.0 Å². The van der Waals surface area contributed by atoms with Crippen molar-refractivity contribution in [1.82, 2.24) is 10.2 Å². The Bertz CT molecular complexity index is 780. The monoisotopic (exact) mass is 498 g/mol. The van der Waals surface area contributed by atoms with Gasteiger partial charge < -0.3 is 4.74 Å². The van der Waals surface area contributed by atoms with Gasteiger partial charge in [-0.05, 0) is 55.4 Å². The summed E-state index contributed by atoms with van der Waals surface area (Å²) in [4.78, 5) is 0. The van der Waals surface area contributed by atoms with Crippen molar-refractivity contribution >= 4 is 11.3 Å². The van der Waals surface area contributed by atoms with Crippen LogP contribution in [0.25, 0.3) is 10.6 Å². The van der Waals surface area contributed by atoms with Gasteiger partial charge in [0.2, 0.25) is 0 Å². The molecule has 3 rings (SSSR count). The van der Waals surface area contributed by atoms with Crippen molar-refractivity contribution in [3.8, 4) is 16.3 Å². The second kappa shape index (κ2) is 17.1. The molecule has 0 amide bonds. The van der Waals surface area contributed by atoms with E-state index >= 15 is 0 Å². The fraction of sp³-hybridized carbons (Fsp3) is 0.742. The van der Waals surface area contributed by atoms with Crippen LogP contribution in [0.1, 0.15) is 128 Å². The zero-order valence-electron chi connectivity index (χ0n) is 22.6. The molecule has 0 radical (unpaired) electrons. The molecule has 1 saturated carbocycles. The van der Waals surface area contributed by atoms with Crippen LogP contribution in [0, 0.1) is 11.8 Å². The Morgan fingerprint density at radius 1 is 0.714 bits per heavy atom. The third kappa shape index (κ3) is 11.0. The van der Waals surface area contributed by atoms with Crippen LogP contribution in [-0.2, 0) is 6.42 Å². The Balaban J connectivity index is 1.27. The van der Waals surface area contributed by atoms with Crippen LogP contribution in [-0.4, -0.2) is 16.8 Å². The molecule has 35 heavy (non-hydrogen) atoms. The van der Waals surface area contributed by atoms with E-state index in [1.165, 1.54) is 114 Å². The van der Waals surface area contributed by atoms with Gasteiger partial charge in [-0.1, -0.05) is 115 Å². The van der Waals surface area contributed by atoms with Crippen LogP contribution in [0.2, 0.25) is 0 Å². The van der Waals surface area contributed by atoms with E-state index in [1.54, 1.807) is 11.3 Å². The minimum Gasteiger partial charge on any atom is -0.494 e. The molecule has 4 heteroatoms. The summed E-state index contributed by atoms with van der Waals surface area (Å²) in [5.74, 6) is 2.91.